The number of hydrogen-bond acceptors (Lipinski definition) is 4. The van der Waals surface area contributed by atoms with E-state index in [1.165, 1.54) is 17.5 Å². The Kier molecular flexibility index (Phi) is 4.47. The van der Waals surface area contributed by atoms with E-state index in [1.807, 2.05) is 0 Å². The molecule has 1 aromatic carbocycles. The molecule has 1 aliphatic rings. The van der Waals surface area contributed by atoms with Crippen molar-refractivity contribution in [2.75, 3.05) is 13.7 Å². The summed E-state index contributed by atoms with van der Waals surface area (Å²) in [5.74, 6) is 0.289. The van der Waals surface area contributed by atoms with Crippen molar-refractivity contribution in [3.8, 4) is 5.75 Å². The Labute approximate surface area is 119 Å². The highest BCUT2D eigenvalue weighted by atomic mass is 32.2. The lowest BCUT2D eigenvalue weighted by Crippen LogP contribution is -2.33. The molecule has 0 radical (unpaired) electrons. The summed E-state index contributed by atoms with van der Waals surface area (Å²) in [6, 6.07) is 4.72. The van der Waals surface area contributed by atoms with Crippen LogP contribution in [0.4, 0.5) is 0 Å². The lowest BCUT2D eigenvalue weighted by Gasteiger charge is -2.22. The molecule has 0 spiro atoms. The highest BCUT2D eigenvalue weighted by Gasteiger charge is 2.38. The van der Waals surface area contributed by atoms with Crippen LogP contribution in [-0.2, 0) is 16.6 Å². The van der Waals surface area contributed by atoms with Crippen LogP contribution in [-0.4, -0.2) is 37.5 Å². The van der Waals surface area contributed by atoms with Crippen molar-refractivity contribution in [1.29, 1.82) is 0 Å². The number of rotatable bonds is 7. The Balaban J connectivity index is 2.48. The molecule has 5 nitrogen and oxygen atoms in total. The number of sulfonamides is 1. The van der Waals surface area contributed by atoms with Crippen molar-refractivity contribution in [3.05, 3.63) is 36.4 Å². The summed E-state index contributed by atoms with van der Waals surface area (Å²) < 4.78 is 32.1. The second kappa shape index (κ2) is 5.95. The molecule has 1 N–H and O–H groups in total. The summed E-state index contributed by atoms with van der Waals surface area (Å²) in [5.41, 5.74) is 0.540. The van der Waals surface area contributed by atoms with Crippen LogP contribution < -0.4 is 4.74 Å². The molecule has 0 aliphatic heterocycles. The zero-order valence-electron chi connectivity index (χ0n) is 11.4. The third kappa shape index (κ3) is 2.87. The highest BCUT2D eigenvalue weighted by molar-refractivity contribution is 7.89. The predicted molar refractivity (Wildman–Crippen MR) is 76.0 cm³/mol. The maximum Gasteiger partial charge on any atom is 0.247 e. The van der Waals surface area contributed by atoms with Crippen molar-refractivity contribution < 1.29 is 18.3 Å². The SMILES string of the molecule is C=CCN(C1CC1)S(=O)(=O)c1cc(CO)ccc1OC. The summed E-state index contributed by atoms with van der Waals surface area (Å²) in [4.78, 5) is 0.0975. The van der Waals surface area contributed by atoms with Crippen LogP contribution in [0, 0.1) is 0 Å². The average Bonchev–Trinajstić information content (AvgIpc) is 3.28. The first-order chi connectivity index (χ1) is 9.54. The van der Waals surface area contributed by atoms with E-state index in [0.29, 0.717) is 5.56 Å². The number of hydrogen-bond donors (Lipinski definition) is 1. The molecule has 0 bridgehead atoms. The first-order valence-corrected chi connectivity index (χ1v) is 7.89. The second-order valence-corrected chi connectivity index (χ2v) is 6.60. The second-order valence-electron chi connectivity index (χ2n) is 4.74. The van der Waals surface area contributed by atoms with Gasteiger partial charge in [0.25, 0.3) is 0 Å². The minimum Gasteiger partial charge on any atom is -0.495 e. The molecule has 6 heteroatoms. The van der Waals surface area contributed by atoms with Gasteiger partial charge in [0.15, 0.2) is 0 Å². The van der Waals surface area contributed by atoms with Gasteiger partial charge in [-0.1, -0.05) is 12.1 Å². The van der Waals surface area contributed by atoms with Gasteiger partial charge >= 0.3 is 0 Å². The minimum atomic E-state index is -3.65. The number of aliphatic hydroxyl groups is 1. The zero-order chi connectivity index (χ0) is 14.8. The summed E-state index contributed by atoms with van der Waals surface area (Å²) in [6.07, 6.45) is 3.32. The number of ether oxygens (including phenoxy) is 1. The van der Waals surface area contributed by atoms with E-state index in [1.54, 1.807) is 18.2 Å². The van der Waals surface area contributed by atoms with Gasteiger partial charge in [0.1, 0.15) is 10.6 Å². The summed E-state index contributed by atoms with van der Waals surface area (Å²) in [7, 11) is -2.22. The van der Waals surface area contributed by atoms with Gasteiger partial charge in [0.2, 0.25) is 10.0 Å². The van der Waals surface area contributed by atoms with E-state index in [-0.39, 0.29) is 29.8 Å². The molecule has 1 aliphatic carbocycles. The molecule has 0 saturated heterocycles. The minimum absolute atomic E-state index is 0.0421. The Hall–Kier alpha value is -1.37. The summed E-state index contributed by atoms with van der Waals surface area (Å²) in [6.45, 7) is 3.68. The fraction of sp³-hybridized carbons (Fsp3) is 0.429. The van der Waals surface area contributed by atoms with E-state index in [9.17, 15) is 13.5 Å². The topological polar surface area (TPSA) is 66.8 Å². The van der Waals surface area contributed by atoms with Gasteiger partial charge in [-0.25, -0.2) is 8.42 Å². The van der Waals surface area contributed by atoms with E-state index in [0.717, 1.165) is 12.8 Å². The lowest BCUT2D eigenvalue weighted by molar-refractivity contribution is 0.281. The van der Waals surface area contributed by atoms with Crippen LogP contribution in [0.2, 0.25) is 0 Å². The Bertz CT molecular complexity index is 593. The molecular weight excluding hydrogens is 278 g/mol. The molecular formula is C14H19NO4S. The van der Waals surface area contributed by atoms with E-state index in [2.05, 4.69) is 6.58 Å². The lowest BCUT2D eigenvalue weighted by atomic mass is 10.2. The smallest absolute Gasteiger partial charge is 0.247 e. The quantitative estimate of drug-likeness (QED) is 0.775. The Morgan fingerprint density at radius 2 is 2.20 bits per heavy atom. The van der Waals surface area contributed by atoms with Crippen molar-refractivity contribution in [1.82, 2.24) is 4.31 Å². The molecule has 2 rings (SSSR count). The van der Waals surface area contributed by atoms with Gasteiger partial charge in [-0.3, -0.25) is 0 Å². The third-order valence-electron chi connectivity index (χ3n) is 3.26. The molecule has 1 saturated carbocycles. The number of benzene rings is 1. The summed E-state index contributed by atoms with van der Waals surface area (Å²) >= 11 is 0. The van der Waals surface area contributed by atoms with Crippen LogP contribution in [0.25, 0.3) is 0 Å². The standard InChI is InChI=1S/C14H19NO4S/c1-3-8-15(12-5-6-12)20(17,18)14-9-11(10-16)4-7-13(14)19-2/h3-4,7,9,12,16H,1,5-6,8,10H2,2H3. The predicted octanol–water partition coefficient (Wildman–Crippen LogP) is 1.53. The van der Waals surface area contributed by atoms with Gasteiger partial charge in [-0.15, -0.1) is 6.58 Å². The molecule has 0 atom stereocenters. The molecule has 110 valence electrons. The number of nitrogens with zero attached hydrogens (tertiary/aromatic N) is 1. The average molecular weight is 297 g/mol. The van der Waals surface area contributed by atoms with Crippen molar-refractivity contribution in [2.45, 2.75) is 30.4 Å². The van der Waals surface area contributed by atoms with Crippen LogP contribution in [0.1, 0.15) is 18.4 Å². The third-order valence-corrected chi connectivity index (χ3v) is 5.20. The van der Waals surface area contributed by atoms with E-state index in [4.69, 9.17) is 4.74 Å². The maximum atomic E-state index is 12.8. The fourth-order valence-corrected chi connectivity index (χ4v) is 3.94. The number of methoxy groups -OCH3 is 1. The maximum absolute atomic E-state index is 12.8. The Morgan fingerprint density at radius 1 is 1.50 bits per heavy atom. The molecule has 0 heterocycles. The largest absolute Gasteiger partial charge is 0.495 e. The van der Waals surface area contributed by atoms with Crippen molar-refractivity contribution in [3.63, 3.8) is 0 Å². The fourth-order valence-electron chi connectivity index (χ4n) is 2.08. The van der Waals surface area contributed by atoms with Gasteiger partial charge in [-0.2, -0.15) is 4.31 Å². The van der Waals surface area contributed by atoms with Gasteiger partial charge in [0.05, 0.1) is 13.7 Å². The molecule has 0 unspecified atom stereocenters. The summed E-state index contributed by atoms with van der Waals surface area (Å²) in [5, 5.41) is 9.19. The van der Waals surface area contributed by atoms with Crippen molar-refractivity contribution in [2.24, 2.45) is 0 Å². The zero-order valence-corrected chi connectivity index (χ0v) is 12.3. The molecule has 0 amide bonds. The normalized spacial score (nSPS) is 15.3. The Morgan fingerprint density at radius 3 is 2.70 bits per heavy atom. The number of aliphatic hydroxyl groups excluding tert-OH is 1. The van der Waals surface area contributed by atoms with Crippen LogP contribution in [0.3, 0.4) is 0 Å². The first kappa shape index (κ1) is 15.0. The molecule has 1 fully saturated rings. The van der Waals surface area contributed by atoms with Gasteiger partial charge < -0.3 is 9.84 Å². The monoisotopic (exact) mass is 297 g/mol. The van der Waals surface area contributed by atoms with Crippen molar-refractivity contribution >= 4 is 10.0 Å². The molecule has 20 heavy (non-hydrogen) atoms. The molecule has 1 aromatic rings. The van der Waals surface area contributed by atoms with Gasteiger partial charge in [0, 0.05) is 12.6 Å². The van der Waals surface area contributed by atoms with E-state index >= 15 is 0 Å². The van der Waals surface area contributed by atoms with Crippen LogP contribution in [0.15, 0.2) is 35.7 Å². The van der Waals surface area contributed by atoms with E-state index < -0.39 is 10.0 Å². The van der Waals surface area contributed by atoms with Crippen LogP contribution in [0.5, 0.6) is 5.75 Å². The van der Waals surface area contributed by atoms with Gasteiger partial charge in [-0.05, 0) is 30.5 Å². The first-order valence-electron chi connectivity index (χ1n) is 6.45. The highest BCUT2D eigenvalue weighted by Crippen LogP contribution is 2.35. The van der Waals surface area contributed by atoms with Crippen LogP contribution >= 0.6 is 0 Å². The molecule has 0 aromatic heterocycles.